The van der Waals surface area contributed by atoms with Crippen LogP contribution in [0.4, 0.5) is 0 Å². The van der Waals surface area contributed by atoms with E-state index in [2.05, 4.69) is 10.6 Å². The van der Waals surface area contributed by atoms with Gasteiger partial charge in [-0.05, 0) is 18.5 Å². The van der Waals surface area contributed by atoms with Crippen molar-refractivity contribution in [3.05, 3.63) is 35.9 Å². The van der Waals surface area contributed by atoms with Gasteiger partial charge in [-0.3, -0.25) is 4.79 Å². The summed E-state index contributed by atoms with van der Waals surface area (Å²) in [4.78, 5) is 11.9. The first-order chi connectivity index (χ1) is 9.17. The molecule has 1 unspecified atom stereocenters. The molecule has 0 aliphatic rings. The van der Waals surface area contributed by atoms with Gasteiger partial charge in [0.05, 0.1) is 12.6 Å². The molecule has 2 atom stereocenters. The van der Waals surface area contributed by atoms with Crippen LogP contribution in [0.3, 0.4) is 0 Å². The minimum absolute atomic E-state index is 0.0177. The molecule has 0 heterocycles. The lowest BCUT2D eigenvalue weighted by Gasteiger charge is -2.19. The second-order valence-corrected chi connectivity index (χ2v) is 4.79. The molecule has 106 valence electrons. The van der Waals surface area contributed by atoms with Crippen molar-refractivity contribution in [2.75, 3.05) is 19.7 Å². The van der Waals surface area contributed by atoms with Gasteiger partial charge in [-0.25, -0.2) is 0 Å². The average Bonchev–Trinajstić information content (AvgIpc) is 2.44. The number of carbonyl (C=O) groups is 1. The maximum Gasteiger partial charge on any atom is 0.224 e. The number of hydrogen-bond acceptors (Lipinski definition) is 3. The number of carbonyl (C=O) groups excluding carboxylic acids is 1. The normalized spacial score (nSPS) is 13.8. The van der Waals surface area contributed by atoms with Gasteiger partial charge in [-0.1, -0.05) is 44.2 Å². The van der Waals surface area contributed by atoms with Crippen molar-refractivity contribution in [3.63, 3.8) is 0 Å². The van der Waals surface area contributed by atoms with Crippen LogP contribution < -0.4 is 10.6 Å². The maximum absolute atomic E-state index is 11.9. The van der Waals surface area contributed by atoms with Crippen molar-refractivity contribution >= 4 is 5.91 Å². The second-order valence-electron chi connectivity index (χ2n) is 4.79. The van der Waals surface area contributed by atoms with E-state index in [1.807, 2.05) is 44.2 Å². The van der Waals surface area contributed by atoms with Gasteiger partial charge < -0.3 is 15.7 Å². The van der Waals surface area contributed by atoms with E-state index >= 15 is 0 Å². The SMILES string of the molecule is CCNCC(C)C(=O)N[C@@H](CO)Cc1ccccc1. The highest BCUT2D eigenvalue weighted by molar-refractivity contribution is 5.78. The minimum Gasteiger partial charge on any atom is -0.394 e. The molecule has 0 aliphatic heterocycles. The van der Waals surface area contributed by atoms with Gasteiger partial charge >= 0.3 is 0 Å². The molecular weight excluding hydrogens is 240 g/mol. The predicted octanol–water partition coefficient (Wildman–Crippen LogP) is 0.952. The molecule has 0 aromatic heterocycles. The number of nitrogens with one attached hydrogen (secondary N) is 2. The molecule has 1 rings (SSSR count). The van der Waals surface area contributed by atoms with Crippen LogP contribution in [0.2, 0.25) is 0 Å². The van der Waals surface area contributed by atoms with Crippen molar-refractivity contribution in [3.8, 4) is 0 Å². The van der Waals surface area contributed by atoms with E-state index in [0.717, 1.165) is 12.1 Å². The van der Waals surface area contributed by atoms with Gasteiger partial charge in [-0.15, -0.1) is 0 Å². The zero-order valence-corrected chi connectivity index (χ0v) is 11.7. The van der Waals surface area contributed by atoms with E-state index in [1.165, 1.54) is 0 Å². The molecule has 0 aliphatic carbocycles. The first-order valence-corrected chi connectivity index (χ1v) is 6.83. The van der Waals surface area contributed by atoms with E-state index < -0.39 is 0 Å². The van der Waals surface area contributed by atoms with Crippen LogP contribution >= 0.6 is 0 Å². The Hall–Kier alpha value is -1.39. The molecule has 0 spiro atoms. The van der Waals surface area contributed by atoms with E-state index in [-0.39, 0.29) is 24.5 Å². The lowest BCUT2D eigenvalue weighted by molar-refractivity contribution is -0.125. The van der Waals surface area contributed by atoms with Gasteiger partial charge in [-0.2, -0.15) is 0 Å². The van der Waals surface area contributed by atoms with Crippen LogP contribution in [-0.4, -0.2) is 36.8 Å². The molecule has 0 bridgehead atoms. The van der Waals surface area contributed by atoms with E-state index in [0.29, 0.717) is 13.0 Å². The third-order valence-electron chi connectivity index (χ3n) is 3.04. The Labute approximate surface area is 115 Å². The summed E-state index contributed by atoms with van der Waals surface area (Å²) in [6, 6.07) is 9.64. The highest BCUT2D eigenvalue weighted by atomic mass is 16.3. The van der Waals surface area contributed by atoms with Crippen LogP contribution in [0.1, 0.15) is 19.4 Å². The Balaban J connectivity index is 2.45. The first kappa shape index (κ1) is 15.7. The van der Waals surface area contributed by atoms with Crippen LogP contribution in [0.15, 0.2) is 30.3 Å². The fourth-order valence-electron chi connectivity index (χ4n) is 1.86. The second kappa shape index (κ2) is 8.67. The molecule has 0 fully saturated rings. The fraction of sp³-hybridized carbons (Fsp3) is 0.533. The highest BCUT2D eigenvalue weighted by Crippen LogP contribution is 2.04. The molecule has 1 aromatic rings. The van der Waals surface area contributed by atoms with E-state index in [9.17, 15) is 9.90 Å². The maximum atomic E-state index is 11.9. The number of benzene rings is 1. The van der Waals surface area contributed by atoms with Crippen molar-refractivity contribution in [1.29, 1.82) is 0 Å². The molecule has 0 radical (unpaired) electrons. The van der Waals surface area contributed by atoms with Crippen LogP contribution in [0, 0.1) is 5.92 Å². The summed E-state index contributed by atoms with van der Waals surface area (Å²) in [7, 11) is 0. The molecular formula is C15H24N2O2. The molecule has 0 saturated heterocycles. The molecule has 4 heteroatoms. The van der Waals surface area contributed by atoms with Gasteiger partial charge in [0.15, 0.2) is 0 Å². The van der Waals surface area contributed by atoms with Gasteiger partial charge in [0.2, 0.25) is 5.91 Å². The van der Waals surface area contributed by atoms with Crippen LogP contribution in [0.5, 0.6) is 0 Å². The number of amides is 1. The average molecular weight is 264 g/mol. The Morgan fingerprint density at radius 2 is 2.00 bits per heavy atom. The highest BCUT2D eigenvalue weighted by Gasteiger charge is 2.17. The number of aliphatic hydroxyl groups excluding tert-OH is 1. The summed E-state index contributed by atoms with van der Waals surface area (Å²) in [6.07, 6.45) is 0.650. The number of rotatable bonds is 8. The van der Waals surface area contributed by atoms with Gasteiger partial charge in [0, 0.05) is 12.5 Å². The smallest absolute Gasteiger partial charge is 0.224 e. The van der Waals surface area contributed by atoms with Crippen molar-refractivity contribution < 1.29 is 9.90 Å². The number of hydrogen-bond donors (Lipinski definition) is 3. The topological polar surface area (TPSA) is 61.4 Å². The first-order valence-electron chi connectivity index (χ1n) is 6.83. The molecule has 3 N–H and O–H groups in total. The summed E-state index contributed by atoms with van der Waals surface area (Å²) < 4.78 is 0. The van der Waals surface area contributed by atoms with Crippen LogP contribution in [0.25, 0.3) is 0 Å². The molecule has 1 aromatic carbocycles. The molecule has 19 heavy (non-hydrogen) atoms. The summed E-state index contributed by atoms with van der Waals surface area (Å²) in [5.41, 5.74) is 1.11. The zero-order valence-electron chi connectivity index (χ0n) is 11.7. The number of aliphatic hydroxyl groups is 1. The minimum atomic E-state index is -0.223. The molecule has 0 saturated carbocycles. The Bertz CT molecular complexity index is 368. The molecule has 4 nitrogen and oxygen atoms in total. The Morgan fingerprint density at radius 1 is 1.32 bits per heavy atom. The monoisotopic (exact) mass is 264 g/mol. The third-order valence-corrected chi connectivity index (χ3v) is 3.04. The third kappa shape index (κ3) is 5.85. The Morgan fingerprint density at radius 3 is 2.58 bits per heavy atom. The van der Waals surface area contributed by atoms with E-state index in [4.69, 9.17) is 0 Å². The fourth-order valence-corrected chi connectivity index (χ4v) is 1.86. The summed E-state index contributed by atoms with van der Waals surface area (Å²) in [6.45, 7) is 5.36. The van der Waals surface area contributed by atoms with Crippen molar-refractivity contribution in [2.24, 2.45) is 5.92 Å². The van der Waals surface area contributed by atoms with Crippen molar-refractivity contribution in [2.45, 2.75) is 26.3 Å². The van der Waals surface area contributed by atoms with Crippen LogP contribution in [-0.2, 0) is 11.2 Å². The summed E-state index contributed by atoms with van der Waals surface area (Å²) in [5, 5.41) is 15.4. The summed E-state index contributed by atoms with van der Waals surface area (Å²) in [5.74, 6) is -0.110. The lowest BCUT2D eigenvalue weighted by atomic mass is 10.1. The van der Waals surface area contributed by atoms with Crippen molar-refractivity contribution in [1.82, 2.24) is 10.6 Å². The molecule has 1 amide bonds. The quantitative estimate of drug-likeness (QED) is 0.655. The predicted molar refractivity (Wildman–Crippen MR) is 76.9 cm³/mol. The Kier molecular flexibility index (Phi) is 7.15. The summed E-state index contributed by atoms with van der Waals surface area (Å²) >= 11 is 0. The lowest BCUT2D eigenvalue weighted by Crippen LogP contribution is -2.43. The largest absolute Gasteiger partial charge is 0.394 e. The standard InChI is InChI=1S/C15H24N2O2/c1-3-16-10-12(2)15(19)17-14(11-18)9-13-7-5-4-6-8-13/h4-8,12,14,16,18H,3,9-11H2,1-2H3,(H,17,19)/t12?,14-/m1/s1. The zero-order chi connectivity index (χ0) is 14.1. The van der Waals surface area contributed by atoms with Gasteiger partial charge in [0.1, 0.15) is 0 Å². The van der Waals surface area contributed by atoms with Gasteiger partial charge in [0.25, 0.3) is 0 Å². The van der Waals surface area contributed by atoms with E-state index in [1.54, 1.807) is 0 Å².